The third kappa shape index (κ3) is 5.03. The van der Waals surface area contributed by atoms with Crippen LogP contribution in [0.3, 0.4) is 0 Å². The average Bonchev–Trinajstić information content (AvgIpc) is 2.54. The minimum absolute atomic E-state index is 0.158. The highest BCUT2D eigenvalue weighted by molar-refractivity contribution is 5.95. The molecular weight excluding hydrogens is 278 g/mol. The van der Waals surface area contributed by atoms with Crippen LogP contribution in [0.1, 0.15) is 12.8 Å². The zero-order chi connectivity index (χ0) is 15.8. The zero-order valence-corrected chi connectivity index (χ0v) is 12.2. The van der Waals surface area contributed by atoms with Crippen molar-refractivity contribution >= 4 is 23.2 Å². The van der Waals surface area contributed by atoms with Crippen molar-refractivity contribution < 1.29 is 9.59 Å². The molecule has 0 aromatic heterocycles. The van der Waals surface area contributed by atoms with Crippen molar-refractivity contribution in [2.24, 2.45) is 5.73 Å². The molecule has 0 heterocycles. The van der Waals surface area contributed by atoms with E-state index in [9.17, 15) is 9.59 Å². The van der Waals surface area contributed by atoms with E-state index in [4.69, 9.17) is 5.73 Å². The third-order valence-corrected chi connectivity index (χ3v) is 3.12. The van der Waals surface area contributed by atoms with E-state index in [1.165, 1.54) is 0 Å². The van der Waals surface area contributed by atoms with E-state index < -0.39 is 6.04 Å². The predicted octanol–water partition coefficient (Wildman–Crippen LogP) is 2.37. The van der Waals surface area contributed by atoms with Crippen molar-refractivity contribution in [1.82, 2.24) is 0 Å². The maximum atomic E-state index is 11.9. The monoisotopic (exact) mass is 297 g/mol. The molecule has 1 unspecified atom stereocenters. The van der Waals surface area contributed by atoms with Gasteiger partial charge in [-0.25, -0.2) is 0 Å². The molecule has 0 aliphatic carbocycles. The molecule has 4 N–H and O–H groups in total. The Hall–Kier alpha value is -2.66. The first kappa shape index (κ1) is 15.7. The van der Waals surface area contributed by atoms with E-state index in [-0.39, 0.29) is 24.7 Å². The normalized spacial score (nSPS) is 11.5. The molecule has 0 fully saturated rings. The summed E-state index contributed by atoms with van der Waals surface area (Å²) in [6.45, 7) is 0. The van der Waals surface area contributed by atoms with Crippen molar-refractivity contribution in [3.05, 3.63) is 60.7 Å². The zero-order valence-electron chi connectivity index (χ0n) is 12.2. The molecule has 0 bridgehead atoms. The second-order valence-corrected chi connectivity index (χ2v) is 4.91. The number of hydrogen-bond donors (Lipinski definition) is 3. The molecule has 0 radical (unpaired) electrons. The number of nitrogens with one attached hydrogen (secondary N) is 2. The van der Waals surface area contributed by atoms with E-state index in [1.807, 2.05) is 36.4 Å². The van der Waals surface area contributed by atoms with Crippen molar-refractivity contribution in [2.75, 3.05) is 10.6 Å². The highest BCUT2D eigenvalue weighted by atomic mass is 16.2. The molecule has 114 valence electrons. The van der Waals surface area contributed by atoms with Gasteiger partial charge in [0, 0.05) is 17.8 Å². The molecule has 5 nitrogen and oxygen atoms in total. The van der Waals surface area contributed by atoms with Crippen molar-refractivity contribution in [3.8, 4) is 0 Å². The number of para-hydroxylation sites is 2. The van der Waals surface area contributed by atoms with Gasteiger partial charge in [-0.1, -0.05) is 36.4 Å². The van der Waals surface area contributed by atoms with E-state index >= 15 is 0 Å². The standard InChI is InChI=1S/C17H19N3O2/c18-15(17(22)20-14-9-5-2-6-10-14)11-12-16(21)19-13-7-3-1-4-8-13/h1-10,15H,11-12,18H2,(H,19,21)(H,20,22). The summed E-state index contributed by atoms with van der Waals surface area (Å²) in [5.41, 5.74) is 7.24. The number of anilines is 2. The van der Waals surface area contributed by atoms with Crippen molar-refractivity contribution in [3.63, 3.8) is 0 Å². The highest BCUT2D eigenvalue weighted by Gasteiger charge is 2.15. The van der Waals surface area contributed by atoms with Crippen LogP contribution < -0.4 is 16.4 Å². The summed E-state index contributed by atoms with van der Waals surface area (Å²) in [4.78, 5) is 23.7. The predicted molar refractivity (Wildman–Crippen MR) is 87.4 cm³/mol. The van der Waals surface area contributed by atoms with Gasteiger partial charge in [0.25, 0.3) is 0 Å². The third-order valence-electron chi connectivity index (χ3n) is 3.12. The van der Waals surface area contributed by atoms with Gasteiger partial charge in [-0.05, 0) is 30.7 Å². The molecule has 2 amide bonds. The quantitative estimate of drug-likeness (QED) is 0.765. The Morgan fingerprint density at radius 1 is 0.864 bits per heavy atom. The molecule has 0 aliphatic heterocycles. The van der Waals surface area contributed by atoms with Gasteiger partial charge in [-0.3, -0.25) is 9.59 Å². The summed E-state index contributed by atoms with van der Waals surface area (Å²) >= 11 is 0. The number of hydrogen-bond acceptors (Lipinski definition) is 3. The van der Waals surface area contributed by atoms with E-state index in [1.54, 1.807) is 24.3 Å². The second-order valence-electron chi connectivity index (χ2n) is 4.91. The van der Waals surface area contributed by atoms with Crippen LogP contribution in [-0.4, -0.2) is 17.9 Å². The highest BCUT2D eigenvalue weighted by Crippen LogP contribution is 2.08. The van der Waals surface area contributed by atoms with E-state index in [0.29, 0.717) is 5.69 Å². The Morgan fingerprint density at radius 2 is 1.36 bits per heavy atom. The molecule has 2 aromatic carbocycles. The maximum Gasteiger partial charge on any atom is 0.241 e. The Morgan fingerprint density at radius 3 is 1.91 bits per heavy atom. The van der Waals surface area contributed by atoms with Crippen LogP contribution in [0, 0.1) is 0 Å². The Kier molecular flexibility index (Phi) is 5.68. The van der Waals surface area contributed by atoms with Crippen LogP contribution in [-0.2, 0) is 9.59 Å². The Bertz CT molecular complexity index is 614. The summed E-state index contributed by atoms with van der Waals surface area (Å²) in [6, 6.07) is 17.5. The van der Waals surface area contributed by atoms with Crippen molar-refractivity contribution in [1.29, 1.82) is 0 Å². The first-order chi connectivity index (χ1) is 10.6. The fourth-order valence-electron chi connectivity index (χ4n) is 1.92. The number of amides is 2. The molecular formula is C17H19N3O2. The fourth-order valence-corrected chi connectivity index (χ4v) is 1.92. The number of rotatable bonds is 6. The lowest BCUT2D eigenvalue weighted by atomic mass is 10.1. The lowest BCUT2D eigenvalue weighted by molar-refractivity contribution is -0.118. The molecule has 22 heavy (non-hydrogen) atoms. The minimum Gasteiger partial charge on any atom is -0.326 e. The molecule has 0 saturated heterocycles. The molecule has 2 rings (SSSR count). The van der Waals surface area contributed by atoms with Crippen LogP contribution in [0.2, 0.25) is 0 Å². The Labute approximate surface area is 129 Å². The number of carbonyl (C=O) groups excluding carboxylic acids is 2. The summed E-state index contributed by atoms with van der Waals surface area (Å²) < 4.78 is 0. The van der Waals surface area contributed by atoms with Gasteiger partial charge in [0.15, 0.2) is 0 Å². The molecule has 5 heteroatoms. The first-order valence-electron chi connectivity index (χ1n) is 7.11. The van der Waals surface area contributed by atoms with Crippen LogP contribution in [0.4, 0.5) is 11.4 Å². The number of benzene rings is 2. The van der Waals surface area contributed by atoms with E-state index in [0.717, 1.165) is 5.69 Å². The Balaban J connectivity index is 1.76. The van der Waals surface area contributed by atoms with Gasteiger partial charge in [-0.15, -0.1) is 0 Å². The molecule has 2 aromatic rings. The summed E-state index contributed by atoms with van der Waals surface area (Å²) in [6.07, 6.45) is 0.482. The molecule has 0 aliphatic rings. The van der Waals surface area contributed by atoms with Gasteiger partial charge in [0.05, 0.1) is 6.04 Å². The number of carbonyl (C=O) groups is 2. The number of nitrogens with two attached hydrogens (primary N) is 1. The maximum absolute atomic E-state index is 11.9. The van der Waals surface area contributed by atoms with Gasteiger partial charge in [-0.2, -0.15) is 0 Å². The van der Waals surface area contributed by atoms with Crippen LogP contribution in [0.5, 0.6) is 0 Å². The largest absolute Gasteiger partial charge is 0.326 e. The topological polar surface area (TPSA) is 84.2 Å². The fraction of sp³-hybridized carbons (Fsp3) is 0.176. The summed E-state index contributed by atoms with van der Waals surface area (Å²) in [5.74, 6) is -0.451. The summed E-state index contributed by atoms with van der Waals surface area (Å²) in [5, 5.41) is 5.48. The lowest BCUT2D eigenvalue weighted by Crippen LogP contribution is -2.36. The minimum atomic E-state index is -0.721. The lowest BCUT2D eigenvalue weighted by Gasteiger charge is -2.12. The van der Waals surface area contributed by atoms with Crippen molar-refractivity contribution in [2.45, 2.75) is 18.9 Å². The van der Waals surface area contributed by atoms with Gasteiger partial charge in [0.2, 0.25) is 11.8 Å². The average molecular weight is 297 g/mol. The van der Waals surface area contributed by atoms with Crippen LogP contribution >= 0.6 is 0 Å². The van der Waals surface area contributed by atoms with Gasteiger partial charge < -0.3 is 16.4 Å². The van der Waals surface area contributed by atoms with Gasteiger partial charge in [0.1, 0.15) is 0 Å². The smallest absolute Gasteiger partial charge is 0.241 e. The van der Waals surface area contributed by atoms with Crippen LogP contribution in [0.15, 0.2) is 60.7 Å². The second kappa shape index (κ2) is 7.95. The molecule has 0 saturated carbocycles. The SMILES string of the molecule is NC(CCC(=O)Nc1ccccc1)C(=O)Nc1ccccc1. The first-order valence-corrected chi connectivity index (χ1v) is 7.11. The van der Waals surface area contributed by atoms with Crippen LogP contribution in [0.25, 0.3) is 0 Å². The summed E-state index contributed by atoms with van der Waals surface area (Å²) in [7, 11) is 0. The molecule has 0 spiro atoms. The van der Waals surface area contributed by atoms with Gasteiger partial charge >= 0.3 is 0 Å². The van der Waals surface area contributed by atoms with E-state index in [2.05, 4.69) is 10.6 Å². The molecule has 1 atom stereocenters.